The van der Waals surface area contributed by atoms with E-state index >= 15 is 0 Å². The summed E-state index contributed by atoms with van der Waals surface area (Å²) in [5.41, 5.74) is 1.99. The minimum Gasteiger partial charge on any atom is -0.346 e. The fourth-order valence-corrected chi connectivity index (χ4v) is 1.85. The standard InChI is InChI=1S/C13H16N2O/c1-10-5-4-8-14-13(10)15-9-11-6-2-3-7-12(11)16/h4-5,8-9H,2-3,6-7H2,1H3,(H,14,15). The Kier molecular flexibility index (Phi) is 3.34. The molecule has 0 bridgehead atoms. The van der Waals surface area contributed by atoms with Gasteiger partial charge in [0, 0.05) is 24.4 Å². The van der Waals surface area contributed by atoms with Gasteiger partial charge in [-0.1, -0.05) is 6.07 Å². The lowest BCUT2D eigenvalue weighted by molar-refractivity contribution is -0.116. The molecule has 84 valence electrons. The third kappa shape index (κ3) is 2.48. The van der Waals surface area contributed by atoms with Crippen LogP contribution in [0.5, 0.6) is 0 Å². The van der Waals surface area contributed by atoms with Crippen molar-refractivity contribution in [1.29, 1.82) is 0 Å². The Morgan fingerprint density at radius 1 is 1.38 bits per heavy atom. The highest BCUT2D eigenvalue weighted by Gasteiger charge is 2.14. The molecule has 0 aliphatic heterocycles. The summed E-state index contributed by atoms with van der Waals surface area (Å²) in [5.74, 6) is 1.10. The van der Waals surface area contributed by atoms with Crippen LogP contribution in [-0.2, 0) is 4.79 Å². The van der Waals surface area contributed by atoms with E-state index in [2.05, 4.69) is 10.3 Å². The van der Waals surface area contributed by atoms with Gasteiger partial charge in [0.2, 0.25) is 0 Å². The van der Waals surface area contributed by atoms with Gasteiger partial charge < -0.3 is 5.32 Å². The van der Waals surface area contributed by atoms with Gasteiger partial charge in [-0.25, -0.2) is 4.98 Å². The lowest BCUT2D eigenvalue weighted by Gasteiger charge is -2.13. The third-order valence-corrected chi connectivity index (χ3v) is 2.85. The first-order valence-corrected chi connectivity index (χ1v) is 5.68. The van der Waals surface area contributed by atoms with Gasteiger partial charge in [-0.2, -0.15) is 0 Å². The van der Waals surface area contributed by atoms with Crippen LogP contribution in [0, 0.1) is 6.92 Å². The van der Waals surface area contributed by atoms with Crippen molar-refractivity contribution in [2.24, 2.45) is 0 Å². The van der Waals surface area contributed by atoms with Gasteiger partial charge >= 0.3 is 0 Å². The van der Waals surface area contributed by atoms with Gasteiger partial charge in [-0.3, -0.25) is 4.79 Å². The van der Waals surface area contributed by atoms with Crippen LogP contribution in [0.1, 0.15) is 31.2 Å². The first kappa shape index (κ1) is 10.9. The Labute approximate surface area is 95.6 Å². The van der Waals surface area contributed by atoms with Crippen LogP contribution in [-0.4, -0.2) is 10.8 Å². The molecule has 1 aliphatic rings. The molecule has 3 nitrogen and oxygen atoms in total. The zero-order valence-electron chi connectivity index (χ0n) is 9.49. The largest absolute Gasteiger partial charge is 0.346 e. The molecule has 1 aromatic heterocycles. The summed E-state index contributed by atoms with van der Waals surface area (Å²) in [5, 5.41) is 3.12. The van der Waals surface area contributed by atoms with Crippen molar-refractivity contribution in [3.05, 3.63) is 35.7 Å². The van der Waals surface area contributed by atoms with Crippen LogP contribution in [0.4, 0.5) is 5.82 Å². The lowest BCUT2D eigenvalue weighted by atomic mass is 9.94. The Balaban J connectivity index is 2.08. The number of aryl methyl sites for hydroxylation is 1. The molecule has 0 spiro atoms. The van der Waals surface area contributed by atoms with E-state index < -0.39 is 0 Å². The number of pyridine rings is 1. The highest BCUT2D eigenvalue weighted by atomic mass is 16.1. The number of ketones is 1. The fourth-order valence-electron chi connectivity index (χ4n) is 1.85. The molecule has 0 radical (unpaired) electrons. The lowest BCUT2D eigenvalue weighted by Crippen LogP contribution is -2.10. The van der Waals surface area contributed by atoms with Gasteiger partial charge in [-0.15, -0.1) is 0 Å². The number of nitrogens with one attached hydrogen (secondary N) is 1. The second-order valence-corrected chi connectivity index (χ2v) is 4.11. The second-order valence-electron chi connectivity index (χ2n) is 4.11. The number of allylic oxidation sites excluding steroid dienone is 1. The number of aromatic nitrogens is 1. The van der Waals surface area contributed by atoms with Crippen molar-refractivity contribution in [2.75, 3.05) is 5.32 Å². The number of rotatable bonds is 2. The molecule has 0 atom stereocenters. The maximum Gasteiger partial charge on any atom is 0.160 e. The van der Waals surface area contributed by atoms with Gasteiger partial charge in [0.25, 0.3) is 0 Å². The summed E-state index contributed by atoms with van der Waals surface area (Å²) in [6, 6.07) is 3.90. The summed E-state index contributed by atoms with van der Waals surface area (Å²) < 4.78 is 0. The van der Waals surface area contributed by atoms with Crippen molar-refractivity contribution in [3.8, 4) is 0 Å². The average Bonchev–Trinajstić information content (AvgIpc) is 2.30. The molecule has 1 fully saturated rings. The topological polar surface area (TPSA) is 42.0 Å². The van der Waals surface area contributed by atoms with Gasteiger partial charge in [0.05, 0.1) is 0 Å². The molecular weight excluding hydrogens is 200 g/mol. The van der Waals surface area contributed by atoms with Gasteiger partial charge in [0.15, 0.2) is 5.78 Å². The molecule has 1 heterocycles. The van der Waals surface area contributed by atoms with Gasteiger partial charge in [-0.05, 0) is 37.8 Å². The van der Waals surface area contributed by atoms with Crippen molar-refractivity contribution < 1.29 is 4.79 Å². The first-order valence-electron chi connectivity index (χ1n) is 5.68. The van der Waals surface area contributed by atoms with Crippen LogP contribution in [0.3, 0.4) is 0 Å². The van der Waals surface area contributed by atoms with Crippen LogP contribution in [0.15, 0.2) is 30.1 Å². The van der Waals surface area contributed by atoms with E-state index in [4.69, 9.17) is 0 Å². The SMILES string of the molecule is Cc1cccnc1NC=C1CCCCC1=O. The van der Waals surface area contributed by atoms with Crippen LogP contribution < -0.4 is 5.32 Å². The monoisotopic (exact) mass is 216 g/mol. The maximum absolute atomic E-state index is 11.6. The van der Waals surface area contributed by atoms with E-state index in [9.17, 15) is 4.79 Å². The van der Waals surface area contributed by atoms with Crippen LogP contribution >= 0.6 is 0 Å². The average molecular weight is 216 g/mol. The summed E-state index contributed by atoms with van der Waals surface area (Å²) in [6.45, 7) is 2.00. The molecule has 3 heteroatoms. The highest BCUT2D eigenvalue weighted by Crippen LogP contribution is 2.20. The first-order chi connectivity index (χ1) is 7.77. The van der Waals surface area contributed by atoms with Crippen molar-refractivity contribution in [2.45, 2.75) is 32.6 Å². The normalized spacial score (nSPS) is 18.8. The third-order valence-electron chi connectivity index (χ3n) is 2.85. The molecule has 0 unspecified atom stereocenters. The molecule has 1 N–H and O–H groups in total. The molecule has 1 saturated carbocycles. The molecule has 0 saturated heterocycles. The summed E-state index contributed by atoms with van der Waals surface area (Å²) in [6.07, 6.45) is 7.28. The predicted molar refractivity (Wildman–Crippen MR) is 64.2 cm³/mol. The Morgan fingerprint density at radius 2 is 2.19 bits per heavy atom. The quantitative estimate of drug-likeness (QED) is 0.773. The Morgan fingerprint density at radius 3 is 2.94 bits per heavy atom. The summed E-state index contributed by atoms with van der Waals surface area (Å²) in [4.78, 5) is 15.8. The second kappa shape index (κ2) is 4.92. The molecular formula is C13H16N2O. The van der Waals surface area contributed by atoms with Crippen molar-refractivity contribution in [1.82, 2.24) is 4.98 Å². The minimum atomic E-state index is 0.271. The van der Waals surface area contributed by atoms with E-state index in [0.29, 0.717) is 6.42 Å². The molecule has 0 amide bonds. The number of Topliss-reactive ketones (excluding diaryl/α,β-unsaturated/α-hetero) is 1. The van der Waals surface area contributed by atoms with E-state index in [-0.39, 0.29) is 5.78 Å². The van der Waals surface area contributed by atoms with Crippen LogP contribution in [0.25, 0.3) is 0 Å². The minimum absolute atomic E-state index is 0.271. The van der Waals surface area contributed by atoms with Gasteiger partial charge in [0.1, 0.15) is 5.82 Å². The van der Waals surface area contributed by atoms with Crippen molar-refractivity contribution in [3.63, 3.8) is 0 Å². The Bertz CT molecular complexity index is 424. The highest BCUT2D eigenvalue weighted by molar-refractivity contribution is 5.96. The number of hydrogen-bond donors (Lipinski definition) is 1. The Hall–Kier alpha value is -1.64. The molecule has 1 aromatic rings. The number of nitrogens with zero attached hydrogens (tertiary/aromatic N) is 1. The molecule has 2 rings (SSSR count). The predicted octanol–water partition coefficient (Wildman–Crippen LogP) is 2.83. The van der Waals surface area contributed by atoms with E-state index in [0.717, 1.165) is 36.2 Å². The van der Waals surface area contributed by atoms with Crippen LogP contribution in [0.2, 0.25) is 0 Å². The number of hydrogen-bond acceptors (Lipinski definition) is 3. The molecule has 0 aromatic carbocycles. The summed E-state index contributed by atoms with van der Waals surface area (Å²) >= 11 is 0. The summed E-state index contributed by atoms with van der Waals surface area (Å²) in [7, 11) is 0. The maximum atomic E-state index is 11.6. The zero-order chi connectivity index (χ0) is 11.4. The number of anilines is 1. The number of carbonyl (C=O) groups is 1. The van der Waals surface area contributed by atoms with E-state index in [1.54, 1.807) is 6.20 Å². The van der Waals surface area contributed by atoms with E-state index in [1.165, 1.54) is 0 Å². The van der Waals surface area contributed by atoms with Crippen molar-refractivity contribution >= 4 is 11.6 Å². The zero-order valence-corrected chi connectivity index (χ0v) is 9.49. The smallest absolute Gasteiger partial charge is 0.160 e. The number of carbonyl (C=O) groups excluding carboxylic acids is 1. The molecule has 16 heavy (non-hydrogen) atoms. The fraction of sp³-hybridized carbons (Fsp3) is 0.385. The van der Waals surface area contributed by atoms with E-state index in [1.807, 2.05) is 25.3 Å². The molecule has 1 aliphatic carbocycles.